The second-order valence-electron chi connectivity index (χ2n) is 5.43. The number of hydrogen-bond donors (Lipinski definition) is 3. The Morgan fingerprint density at radius 1 is 1.32 bits per heavy atom. The van der Waals surface area contributed by atoms with E-state index >= 15 is 0 Å². The Labute approximate surface area is 115 Å². The maximum absolute atomic E-state index is 9.61. The smallest absolute Gasteiger partial charge is 0.160 e. The van der Waals surface area contributed by atoms with E-state index in [1.165, 1.54) is 0 Å². The second-order valence-corrected chi connectivity index (χ2v) is 5.43. The van der Waals surface area contributed by atoms with E-state index in [9.17, 15) is 5.11 Å². The van der Waals surface area contributed by atoms with Crippen molar-refractivity contribution in [3.8, 4) is 11.5 Å². The van der Waals surface area contributed by atoms with Crippen LogP contribution in [0.25, 0.3) is 0 Å². The highest BCUT2D eigenvalue weighted by Crippen LogP contribution is 2.29. The first kappa shape index (κ1) is 14.2. The quantitative estimate of drug-likeness (QED) is 0.780. The summed E-state index contributed by atoms with van der Waals surface area (Å²) in [6.45, 7) is 2.14. The topological polar surface area (TPSA) is 67.5 Å². The van der Waals surface area contributed by atoms with Crippen LogP contribution in [-0.2, 0) is 0 Å². The molecule has 4 N–H and O–H groups in total. The van der Waals surface area contributed by atoms with Gasteiger partial charge in [0.05, 0.1) is 7.11 Å². The molecule has 1 atom stereocenters. The average Bonchev–Trinajstić information content (AvgIpc) is 2.42. The maximum Gasteiger partial charge on any atom is 0.160 e. The first-order valence-corrected chi connectivity index (χ1v) is 6.98. The van der Waals surface area contributed by atoms with Crippen LogP contribution in [0.1, 0.15) is 44.2 Å². The monoisotopic (exact) mass is 264 g/mol. The third-order valence-corrected chi connectivity index (χ3v) is 3.96. The molecule has 1 aromatic rings. The summed E-state index contributed by atoms with van der Waals surface area (Å²) in [7, 11) is 1.57. The minimum absolute atomic E-state index is 0.182. The molecular weight excluding hydrogens is 240 g/mol. The summed E-state index contributed by atoms with van der Waals surface area (Å²) in [6, 6.07) is 6.67. The van der Waals surface area contributed by atoms with Crippen LogP contribution in [0, 0.1) is 0 Å². The van der Waals surface area contributed by atoms with Gasteiger partial charge in [-0.2, -0.15) is 0 Å². The molecule has 0 spiro atoms. The molecule has 0 radical (unpaired) electrons. The van der Waals surface area contributed by atoms with Crippen LogP contribution in [0.15, 0.2) is 18.2 Å². The van der Waals surface area contributed by atoms with Crippen LogP contribution >= 0.6 is 0 Å². The fourth-order valence-electron chi connectivity index (χ4n) is 2.70. The lowest BCUT2D eigenvalue weighted by Crippen LogP contribution is -2.38. The Bertz CT molecular complexity index is 415. The molecule has 0 bridgehead atoms. The highest BCUT2D eigenvalue weighted by Gasteiger charge is 2.20. The Morgan fingerprint density at radius 2 is 2.00 bits per heavy atom. The van der Waals surface area contributed by atoms with Gasteiger partial charge in [0, 0.05) is 18.1 Å². The normalized spacial score (nSPS) is 25.0. The van der Waals surface area contributed by atoms with Crippen LogP contribution in [0.5, 0.6) is 11.5 Å². The van der Waals surface area contributed by atoms with Gasteiger partial charge in [0.2, 0.25) is 0 Å². The summed E-state index contributed by atoms with van der Waals surface area (Å²) in [5, 5.41) is 13.2. The van der Waals surface area contributed by atoms with Crippen molar-refractivity contribution in [1.29, 1.82) is 0 Å². The number of benzene rings is 1. The van der Waals surface area contributed by atoms with Gasteiger partial charge in [0.25, 0.3) is 0 Å². The van der Waals surface area contributed by atoms with Gasteiger partial charge in [-0.1, -0.05) is 6.07 Å². The zero-order valence-corrected chi connectivity index (χ0v) is 11.7. The Kier molecular flexibility index (Phi) is 4.66. The lowest BCUT2D eigenvalue weighted by molar-refractivity contribution is 0.321. The minimum Gasteiger partial charge on any atom is -0.504 e. The zero-order valence-electron chi connectivity index (χ0n) is 11.7. The van der Waals surface area contributed by atoms with Crippen molar-refractivity contribution in [1.82, 2.24) is 5.32 Å². The Morgan fingerprint density at radius 3 is 2.63 bits per heavy atom. The van der Waals surface area contributed by atoms with Gasteiger partial charge in [0.15, 0.2) is 11.5 Å². The molecule has 1 saturated carbocycles. The van der Waals surface area contributed by atoms with Crippen LogP contribution in [0.4, 0.5) is 0 Å². The van der Waals surface area contributed by atoms with Crippen molar-refractivity contribution in [3.05, 3.63) is 23.8 Å². The van der Waals surface area contributed by atoms with Crippen molar-refractivity contribution in [2.45, 2.75) is 50.7 Å². The molecule has 4 heteroatoms. The highest BCUT2D eigenvalue weighted by molar-refractivity contribution is 5.42. The van der Waals surface area contributed by atoms with E-state index in [1.54, 1.807) is 13.2 Å². The van der Waals surface area contributed by atoms with Gasteiger partial charge < -0.3 is 20.9 Å². The van der Waals surface area contributed by atoms with Crippen LogP contribution in [-0.4, -0.2) is 24.3 Å². The number of aromatic hydroxyl groups is 1. The minimum atomic E-state index is 0.182. The predicted octanol–water partition coefficient (Wildman–Crippen LogP) is 2.32. The number of hydrogen-bond acceptors (Lipinski definition) is 4. The van der Waals surface area contributed by atoms with Crippen molar-refractivity contribution in [2.24, 2.45) is 5.73 Å². The number of rotatable bonds is 4. The predicted molar refractivity (Wildman–Crippen MR) is 76.4 cm³/mol. The summed E-state index contributed by atoms with van der Waals surface area (Å²) < 4.78 is 5.15. The molecule has 106 valence electrons. The van der Waals surface area contributed by atoms with Crippen molar-refractivity contribution in [2.75, 3.05) is 7.11 Å². The SMILES string of the molecule is COc1cc(C(C)NC2CCC(N)CC2)ccc1O. The number of nitrogens with one attached hydrogen (secondary N) is 1. The van der Waals surface area contributed by atoms with E-state index in [1.807, 2.05) is 12.1 Å². The number of phenolic OH excluding ortho intramolecular Hbond substituents is 1. The molecule has 0 aromatic heterocycles. The summed E-state index contributed by atoms with van der Waals surface area (Å²) >= 11 is 0. The van der Waals surface area contributed by atoms with E-state index < -0.39 is 0 Å². The fourth-order valence-corrected chi connectivity index (χ4v) is 2.70. The summed E-state index contributed by atoms with van der Waals surface area (Å²) in [4.78, 5) is 0. The molecule has 1 fully saturated rings. The molecule has 0 aliphatic heterocycles. The van der Waals surface area contributed by atoms with Gasteiger partial charge in [-0.25, -0.2) is 0 Å². The van der Waals surface area contributed by atoms with Gasteiger partial charge in [-0.15, -0.1) is 0 Å². The summed E-state index contributed by atoms with van der Waals surface area (Å²) in [6.07, 6.45) is 4.48. The molecule has 1 unspecified atom stereocenters. The molecule has 0 saturated heterocycles. The second kappa shape index (κ2) is 6.26. The molecular formula is C15H24N2O2. The van der Waals surface area contributed by atoms with Gasteiger partial charge in [-0.05, 0) is 50.3 Å². The molecule has 19 heavy (non-hydrogen) atoms. The van der Waals surface area contributed by atoms with Gasteiger partial charge in [0.1, 0.15) is 0 Å². The zero-order chi connectivity index (χ0) is 13.8. The molecule has 1 aliphatic carbocycles. The van der Waals surface area contributed by atoms with E-state index in [2.05, 4.69) is 12.2 Å². The standard InChI is InChI=1S/C15H24N2O2/c1-10(17-13-6-4-12(16)5-7-13)11-3-8-14(18)15(9-11)19-2/h3,8-10,12-13,17-18H,4-7,16H2,1-2H3. The average molecular weight is 264 g/mol. The van der Waals surface area contributed by atoms with E-state index in [0.29, 0.717) is 17.8 Å². The van der Waals surface area contributed by atoms with Crippen molar-refractivity contribution in [3.63, 3.8) is 0 Å². The molecule has 1 aromatic carbocycles. The van der Waals surface area contributed by atoms with Gasteiger partial charge in [-0.3, -0.25) is 0 Å². The third kappa shape index (κ3) is 3.61. The number of phenols is 1. The van der Waals surface area contributed by atoms with Gasteiger partial charge >= 0.3 is 0 Å². The molecule has 4 nitrogen and oxygen atoms in total. The van der Waals surface area contributed by atoms with E-state index in [4.69, 9.17) is 10.5 Å². The lowest BCUT2D eigenvalue weighted by atomic mass is 9.91. The third-order valence-electron chi connectivity index (χ3n) is 3.96. The maximum atomic E-state index is 9.61. The molecule has 0 heterocycles. The Hall–Kier alpha value is -1.26. The molecule has 2 rings (SSSR count). The summed E-state index contributed by atoms with van der Waals surface area (Å²) in [5.74, 6) is 0.707. The van der Waals surface area contributed by atoms with E-state index in [-0.39, 0.29) is 11.8 Å². The van der Waals surface area contributed by atoms with Crippen molar-refractivity contribution < 1.29 is 9.84 Å². The first-order chi connectivity index (χ1) is 9.10. The fraction of sp³-hybridized carbons (Fsp3) is 0.600. The van der Waals surface area contributed by atoms with Crippen LogP contribution in [0.2, 0.25) is 0 Å². The molecule has 0 amide bonds. The largest absolute Gasteiger partial charge is 0.504 e. The number of methoxy groups -OCH3 is 1. The highest BCUT2D eigenvalue weighted by atomic mass is 16.5. The Balaban J connectivity index is 1.97. The van der Waals surface area contributed by atoms with E-state index in [0.717, 1.165) is 31.2 Å². The van der Waals surface area contributed by atoms with Crippen molar-refractivity contribution >= 4 is 0 Å². The molecule has 1 aliphatic rings. The van der Waals surface area contributed by atoms with Crippen LogP contribution < -0.4 is 15.8 Å². The summed E-state index contributed by atoms with van der Waals surface area (Å²) in [5.41, 5.74) is 7.05. The lowest BCUT2D eigenvalue weighted by Gasteiger charge is -2.29. The first-order valence-electron chi connectivity index (χ1n) is 6.98. The van der Waals surface area contributed by atoms with Crippen LogP contribution in [0.3, 0.4) is 0 Å². The number of nitrogens with two attached hydrogens (primary N) is 1. The number of ether oxygens (including phenoxy) is 1.